The monoisotopic (exact) mass is 728 g/mol. The van der Waals surface area contributed by atoms with Crippen molar-refractivity contribution in [1.82, 2.24) is 30.4 Å². The minimum Gasteiger partial charge on any atom is -0.480 e. The van der Waals surface area contributed by atoms with Gasteiger partial charge < -0.3 is 20.4 Å². The van der Waals surface area contributed by atoms with Crippen molar-refractivity contribution in [1.29, 1.82) is 0 Å². The van der Waals surface area contributed by atoms with Crippen LogP contribution in [0.2, 0.25) is 0 Å². The van der Waals surface area contributed by atoms with E-state index >= 15 is 0 Å². The second-order valence-corrected chi connectivity index (χ2v) is 13.9. The Morgan fingerprint density at radius 2 is 1.43 bits per heavy atom. The molecule has 1 saturated heterocycles. The molecule has 0 aliphatic carbocycles. The van der Waals surface area contributed by atoms with Crippen LogP contribution in [-0.4, -0.2) is 91.5 Å². The van der Waals surface area contributed by atoms with Gasteiger partial charge in [-0.15, -0.1) is 0 Å². The van der Waals surface area contributed by atoms with Crippen molar-refractivity contribution in [2.45, 2.75) is 115 Å². The van der Waals surface area contributed by atoms with Gasteiger partial charge >= 0.3 is 11.9 Å². The van der Waals surface area contributed by atoms with Crippen molar-refractivity contribution in [3.63, 3.8) is 0 Å². The summed E-state index contributed by atoms with van der Waals surface area (Å²) in [4.78, 5) is 62.9. The lowest BCUT2D eigenvalue weighted by Gasteiger charge is -2.29. The van der Waals surface area contributed by atoms with Crippen LogP contribution in [-0.2, 0) is 38.7 Å². The lowest BCUT2D eigenvalue weighted by atomic mass is 10.0. The van der Waals surface area contributed by atoms with Gasteiger partial charge in [0.05, 0.1) is 17.4 Å². The second kappa shape index (κ2) is 23.1. The van der Waals surface area contributed by atoms with Crippen molar-refractivity contribution < 1.29 is 29.4 Å². The van der Waals surface area contributed by atoms with Crippen LogP contribution < -0.4 is 10.6 Å². The molecule has 3 atom stereocenters. The number of nitrogens with zero attached hydrogens (tertiary/aromatic N) is 4. The molecule has 1 aromatic carbocycles. The van der Waals surface area contributed by atoms with Crippen molar-refractivity contribution >= 4 is 23.8 Å². The van der Waals surface area contributed by atoms with Crippen molar-refractivity contribution in [2.24, 2.45) is 0 Å². The average Bonchev–Trinajstić information content (AvgIpc) is 3.67. The Labute approximate surface area is 313 Å². The number of hydrogen-bond donors (Lipinski definition) is 4. The van der Waals surface area contributed by atoms with Gasteiger partial charge in [0.15, 0.2) is 0 Å². The summed E-state index contributed by atoms with van der Waals surface area (Å²) in [5.74, 6) is -2.47. The van der Waals surface area contributed by atoms with E-state index in [1.807, 2.05) is 79.1 Å². The summed E-state index contributed by atoms with van der Waals surface area (Å²) in [5, 5.41) is 25.7. The molecular weight excluding hydrogens is 672 g/mol. The number of aliphatic carboxylic acids is 2. The second-order valence-electron chi connectivity index (χ2n) is 13.9. The van der Waals surface area contributed by atoms with Gasteiger partial charge in [0.1, 0.15) is 12.1 Å². The first kappa shape index (κ1) is 41.1. The molecule has 2 aromatic heterocycles. The number of carboxylic acid groups (broad SMARTS) is 2. The summed E-state index contributed by atoms with van der Waals surface area (Å²) in [6.07, 6.45) is 12.4. The predicted molar refractivity (Wildman–Crippen MR) is 203 cm³/mol. The summed E-state index contributed by atoms with van der Waals surface area (Å²) in [5.41, 5.74) is 3.08. The molecule has 4 rings (SSSR count). The highest BCUT2D eigenvalue weighted by Crippen LogP contribution is 2.21. The topological polar surface area (TPSA) is 165 Å². The summed E-state index contributed by atoms with van der Waals surface area (Å²) >= 11 is 0. The van der Waals surface area contributed by atoms with Gasteiger partial charge in [-0.05, 0) is 94.2 Å². The molecule has 1 aliphatic rings. The van der Waals surface area contributed by atoms with E-state index in [1.54, 1.807) is 0 Å². The number of amides is 2. The Hall–Kier alpha value is -4.68. The molecule has 3 aromatic rings. The molecule has 1 aliphatic heterocycles. The molecule has 53 heavy (non-hydrogen) atoms. The number of nitrogens with one attached hydrogen (secondary N) is 2. The standard InChI is InChI=1S/C41H56N6O6/c48-38(22-7-2-1-3-14-28-46(30-33-18-8-11-25-42-33)31-34-19-9-12-26-43-34)44-27-13-10-20-35(39(49)47-29-15-21-37(47)41(52)53)45-36(40(50)51)24-23-32-16-5-4-6-17-32/h4-6,8-9,11-12,16-19,25-26,35-37,45H,1-3,7,10,13-15,20-24,27-31H2,(H,44,48)(H,50,51)(H,52,53)/t35-,36-,37-/m0/s1. The summed E-state index contributed by atoms with van der Waals surface area (Å²) < 4.78 is 0. The number of rotatable bonds is 25. The van der Waals surface area contributed by atoms with Crippen LogP contribution in [0.15, 0.2) is 79.1 Å². The van der Waals surface area contributed by atoms with E-state index in [-0.39, 0.29) is 18.2 Å². The summed E-state index contributed by atoms with van der Waals surface area (Å²) in [6, 6.07) is 18.8. The molecule has 12 heteroatoms. The zero-order valence-electron chi connectivity index (χ0n) is 30.8. The zero-order valence-corrected chi connectivity index (χ0v) is 30.8. The number of benzene rings is 1. The first-order valence-corrected chi connectivity index (χ1v) is 19.1. The van der Waals surface area contributed by atoms with E-state index in [2.05, 4.69) is 25.5 Å². The third-order valence-corrected chi connectivity index (χ3v) is 9.73. The Bertz CT molecular complexity index is 1490. The first-order valence-electron chi connectivity index (χ1n) is 19.1. The number of unbranched alkanes of at least 4 members (excludes halogenated alkanes) is 5. The Balaban J connectivity index is 1.14. The number of carboxylic acids is 2. The maximum Gasteiger partial charge on any atom is 0.326 e. The smallest absolute Gasteiger partial charge is 0.326 e. The Morgan fingerprint density at radius 3 is 2.08 bits per heavy atom. The molecule has 2 amide bonds. The van der Waals surface area contributed by atoms with Gasteiger partial charge in [-0.2, -0.15) is 0 Å². The molecule has 3 heterocycles. The molecule has 0 saturated carbocycles. The fourth-order valence-electron chi connectivity index (χ4n) is 6.84. The number of carbonyl (C=O) groups is 4. The highest BCUT2D eigenvalue weighted by atomic mass is 16.4. The van der Waals surface area contributed by atoms with E-state index in [0.29, 0.717) is 58.0 Å². The molecule has 286 valence electrons. The van der Waals surface area contributed by atoms with Crippen molar-refractivity contribution in [3.05, 3.63) is 96.1 Å². The minimum atomic E-state index is -1.05. The molecule has 0 bridgehead atoms. The van der Waals surface area contributed by atoms with Crippen LogP contribution in [0.3, 0.4) is 0 Å². The summed E-state index contributed by atoms with van der Waals surface area (Å²) in [6.45, 7) is 3.28. The first-order chi connectivity index (χ1) is 25.8. The molecule has 12 nitrogen and oxygen atoms in total. The molecule has 0 spiro atoms. The third-order valence-electron chi connectivity index (χ3n) is 9.73. The highest BCUT2D eigenvalue weighted by molar-refractivity contribution is 5.88. The largest absolute Gasteiger partial charge is 0.480 e. The number of likely N-dealkylation sites (tertiary alicyclic amines) is 1. The summed E-state index contributed by atoms with van der Waals surface area (Å²) in [7, 11) is 0. The molecular formula is C41H56N6O6. The fraction of sp³-hybridized carbons (Fsp3) is 0.512. The lowest BCUT2D eigenvalue weighted by Crippen LogP contribution is -2.54. The number of pyridine rings is 2. The molecule has 0 unspecified atom stereocenters. The highest BCUT2D eigenvalue weighted by Gasteiger charge is 2.38. The number of carbonyl (C=O) groups excluding carboxylic acids is 2. The zero-order chi connectivity index (χ0) is 37.7. The number of aryl methyl sites for hydroxylation is 1. The Kier molecular flexibility index (Phi) is 17.9. The van der Waals surface area contributed by atoms with Gasteiger partial charge in [0.2, 0.25) is 11.8 Å². The fourth-order valence-corrected chi connectivity index (χ4v) is 6.84. The predicted octanol–water partition coefficient (Wildman–Crippen LogP) is 5.23. The van der Waals surface area contributed by atoms with Crippen LogP contribution >= 0.6 is 0 Å². The van der Waals surface area contributed by atoms with E-state index in [4.69, 9.17) is 0 Å². The van der Waals surface area contributed by atoms with E-state index in [0.717, 1.165) is 68.7 Å². The van der Waals surface area contributed by atoms with Crippen LogP contribution in [0.25, 0.3) is 0 Å². The van der Waals surface area contributed by atoms with Crippen molar-refractivity contribution in [3.8, 4) is 0 Å². The normalized spacial score (nSPS) is 15.3. The van der Waals surface area contributed by atoms with Gasteiger partial charge in [0, 0.05) is 45.0 Å². The van der Waals surface area contributed by atoms with E-state index < -0.39 is 30.1 Å². The minimum absolute atomic E-state index is 0.000804. The number of hydrogen-bond acceptors (Lipinski definition) is 8. The quantitative estimate of drug-likeness (QED) is 0.0850. The average molecular weight is 729 g/mol. The SMILES string of the molecule is O=C(CCCCCCCN(Cc1ccccn1)Cc1ccccn1)NCCCC[C@H](N[C@@H](CCc1ccccc1)C(=O)O)C(=O)N1CCC[C@H]1C(=O)O. The third kappa shape index (κ3) is 15.1. The maximum atomic E-state index is 13.6. The molecule has 4 N–H and O–H groups in total. The lowest BCUT2D eigenvalue weighted by molar-refractivity contribution is -0.149. The van der Waals surface area contributed by atoms with Gasteiger partial charge in [0.25, 0.3) is 0 Å². The number of aromatic nitrogens is 2. The maximum absolute atomic E-state index is 13.6. The Morgan fingerprint density at radius 1 is 0.774 bits per heavy atom. The van der Waals surface area contributed by atoms with Crippen LogP contribution in [0.4, 0.5) is 0 Å². The van der Waals surface area contributed by atoms with Gasteiger partial charge in [-0.1, -0.05) is 61.7 Å². The van der Waals surface area contributed by atoms with Crippen LogP contribution in [0.5, 0.6) is 0 Å². The van der Waals surface area contributed by atoms with E-state index in [9.17, 15) is 29.4 Å². The van der Waals surface area contributed by atoms with Crippen LogP contribution in [0.1, 0.15) is 94.0 Å². The van der Waals surface area contributed by atoms with Gasteiger partial charge in [-0.25, -0.2) is 4.79 Å². The van der Waals surface area contributed by atoms with Crippen molar-refractivity contribution in [2.75, 3.05) is 19.6 Å². The van der Waals surface area contributed by atoms with E-state index in [1.165, 1.54) is 4.90 Å². The van der Waals surface area contributed by atoms with Crippen LogP contribution in [0, 0.1) is 0 Å². The molecule has 0 radical (unpaired) electrons. The molecule has 1 fully saturated rings. The van der Waals surface area contributed by atoms with Gasteiger partial charge in [-0.3, -0.25) is 34.6 Å².